The van der Waals surface area contributed by atoms with Gasteiger partial charge in [-0.15, -0.1) is 0 Å². The maximum atomic E-state index is 14.3. The molecule has 0 N–H and O–H groups in total. The molecule has 1 amide bonds. The first-order chi connectivity index (χ1) is 11.9. The number of hydrogen-bond acceptors (Lipinski definition) is 3. The first-order valence-corrected chi connectivity index (χ1v) is 8.70. The highest BCUT2D eigenvalue weighted by atomic mass is 19.3. The van der Waals surface area contributed by atoms with E-state index < -0.39 is 42.5 Å². The van der Waals surface area contributed by atoms with Crippen molar-refractivity contribution in [3.63, 3.8) is 0 Å². The van der Waals surface area contributed by atoms with Gasteiger partial charge >= 0.3 is 7.12 Å². The number of amides is 1. The van der Waals surface area contributed by atoms with E-state index in [1.165, 1.54) is 18.2 Å². The van der Waals surface area contributed by atoms with E-state index >= 15 is 0 Å². The fourth-order valence-corrected chi connectivity index (χ4v) is 3.09. The van der Waals surface area contributed by atoms with Crippen molar-refractivity contribution in [3.8, 4) is 0 Å². The van der Waals surface area contributed by atoms with Crippen molar-refractivity contribution in [2.24, 2.45) is 0 Å². The molecule has 142 valence electrons. The van der Waals surface area contributed by atoms with E-state index in [0.717, 1.165) is 4.90 Å². The molecular weight excluding hydrogens is 346 g/mol. The second kappa shape index (κ2) is 6.27. The predicted octanol–water partition coefficient (Wildman–Crippen LogP) is 2.54. The van der Waals surface area contributed by atoms with Crippen LogP contribution in [0, 0.1) is 5.82 Å². The zero-order valence-corrected chi connectivity index (χ0v) is 15.4. The Morgan fingerprint density at radius 3 is 2.35 bits per heavy atom. The number of carbonyl (C=O) groups is 1. The van der Waals surface area contributed by atoms with Crippen molar-refractivity contribution in [2.45, 2.75) is 57.7 Å². The fraction of sp³-hybridized carbons (Fsp3) is 0.611. The minimum Gasteiger partial charge on any atom is -0.399 e. The molecule has 1 aromatic rings. The molecule has 3 rings (SSSR count). The summed E-state index contributed by atoms with van der Waals surface area (Å²) >= 11 is 0. The number of alkyl halides is 2. The molecule has 0 atom stereocenters. The minimum atomic E-state index is -2.83. The summed E-state index contributed by atoms with van der Waals surface area (Å²) in [5.74, 6) is -3.71. The Kier molecular flexibility index (Phi) is 4.64. The second-order valence-electron chi connectivity index (χ2n) is 8.04. The molecule has 0 unspecified atom stereocenters. The van der Waals surface area contributed by atoms with Crippen LogP contribution in [0.4, 0.5) is 13.2 Å². The van der Waals surface area contributed by atoms with Gasteiger partial charge in [-0.05, 0) is 39.3 Å². The van der Waals surface area contributed by atoms with Gasteiger partial charge in [0.15, 0.2) is 0 Å². The van der Waals surface area contributed by atoms with Gasteiger partial charge in [0, 0.05) is 18.4 Å². The van der Waals surface area contributed by atoms with Gasteiger partial charge in [-0.2, -0.15) is 0 Å². The molecule has 0 saturated carbocycles. The zero-order valence-electron chi connectivity index (χ0n) is 15.4. The largest absolute Gasteiger partial charge is 0.497 e. The first-order valence-electron chi connectivity index (χ1n) is 8.70. The molecular formula is C18H23BF3NO3. The van der Waals surface area contributed by atoms with Gasteiger partial charge in [-0.1, -0.05) is 12.1 Å². The van der Waals surface area contributed by atoms with Gasteiger partial charge in [0.1, 0.15) is 5.82 Å². The Labute approximate surface area is 151 Å². The van der Waals surface area contributed by atoms with Crippen molar-refractivity contribution in [1.29, 1.82) is 0 Å². The van der Waals surface area contributed by atoms with Crippen molar-refractivity contribution >= 4 is 18.5 Å². The third-order valence-corrected chi connectivity index (χ3v) is 5.45. The predicted molar refractivity (Wildman–Crippen MR) is 92.0 cm³/mol. The maximum absolute atomic E-state index is 14.3. The van der Waals surface area contributed by atoms with E-state index in [-0.39, 0.29) is 24.8 Å². The van der Waals surface area contributed by atoms with Crippen LogP contribution in [0.2, 0.25) is 0 Å². The van der Waals surface area contributed by atoms with Crippen molar-refractivity contribution in [1.82, 2.24) is 4.90 Å². The molecule has 2 heterocycles. The van der Waals surface area contributed by atoms with Crippen LogP contribution >= 0.6 is 0 Å². The van der Waals surface area contributed by atoms with E-state index in [9.17, 15) is 18.0 Å². The van der Waals surface area contributed by atoms with E-state index in [4.69, 9.17) is 9.31 Å². The molecule has 4 nitrogen and oxygen atoms in total. The maximum Gasteiger partial charge on any atom is 0.497 e. The molecule has 1 aromatic carbocycles. The molecule has 26 heavy (non-hydrogen) atoms. The lowest BCUT2D eigenvalue weighted by molar-refractivity contribution is -0.130. The number of nitrogens with zero attached hydrogens (tertiary/aromatic N) is 1. The molecule has 0 aliphatic carbocycles. The molecule has 0 bridgehead atoms. The topological polar surface area (TPSA) is 38.8 Å². The van der Waals surface area contributed by atoms with Crippen LogP contribution in [0.5, 0.6) is 0 Å². The monoisotopic (exact) mass is 369 g/mol. The summed E-state index contributed by atoms with van der Waals surface area (Å²) in [5.41, 5.74) is -0.481. The van der Waals surface area contributed by atoms with Crippen molar-refractivity contribution in [2.75, 3.05) is 13.1 Å². The van der Waals surface area contributed by atoms with Gasteiger partial charge in [-0.3, -0.25) is 4.79 Å². The molecule has 2 aliphatic rings. The van der Waals surface area contributed by atoms with E-state index in [0.29, 0.717) is 5.56 Å². The number of hydrogen-bond donors (Lipinski definition) is 0. The molecule has 2 aliphatic heterocycles. The highest BCUT2D eigenvalue weighted by Crippen LogP contribution is 2.36. The third-order valence-electron chi connectivity index (χ3n) is 5.45. The lowest BCUT2D eigenvalue weighted by atomic mass is 9.77. The number of benzene rings is 1. The lowest BCUT2D eigenvalue weighted by Gasteiger charge is -2.32. The SMILES string of the molecule is CC1(C)OB(c2cc(CC(=O)N3CCC(F)(F)C3)ccc2F)OC1(C)C. The van der Waals surface area contributed by atoms with Gasteiger partial charge < -0.3 is 14.2 Å². The molecule has 0 radical (unpaired) electrons. The first kappa shape index (κ1) is 19.2. The second-order valence-corrected chi connectivity index (χ2v) is 8.04. The summed E-state index contributed by atoms with van der Waals surface area (Å²) in [6, 6.07) is 4.25. The standard InChI is InChI=1S/C18H23BF3NO3/c1-16(2)17(3,4)26-19(25-16)13-9-12(5-6-14(13)20)10-15(24)23-8-7-18(21,22)11-23/h5-6,9H,7-8,10-11H2,1-4H3. The Morgan fingerprint density at radius 1 is 1.19 bits per heavy atom. The lowest BCUT2D eigenvalue weighted by Crippen LogP contribution is -2.41. The number of carbonyl (C=O) groups excluding carboxylic acids is 1. The quantitative estimate of drug-likeness (QED) is 0.769. The van der Waals surface area contributed by atoms with Crippen LogP contribution < -0.4 is 5.46 Å². The summed E-state index contributed by atoms with van der Waals surface area (Å²) in [5, 5.41) is 0. The fourth-order valence-electron chi connectivity index (χ4n) is 3.09. The smallest absolute Gasteiger partial charge is 0.399 e. The Hall–Kier alpha value is -1.54. The summed E-state index contributed by atoms with van der Waals surface area (Å²) in [6.45, 7) is 6.95. The van der Waals surface area contributed by atoms with Crippen LogP contribution in [0.15, 0.2) is 18.2 Å². The van der Waals surface area contributed by atoms with Gasteiger partial charge in [0.2, 0.25) is 5.91 Å². The van der Waals surface area contributed by atoms with Crippen molar-refractivity contribution in [3.05, 3.63) is 29.6 Å². The molecule has 2 fully saturated rings. The number of likely N-dealkylation sites (tertiary alicyclic amines) is 1. The molecule has 8 heteroatoms. The zero-order chi connectivity index (χ0) is 19.3. The Balaban J connectivity index is 1.76. The average Bonchev–Trinajstić information content (AvgIpc) is 2.97. The van der Waals surface area contributed by atoms with Gasteiger partial charge in [-0.25, -0.2) is 13.2 Å². The molecule has 2 saturated heterocycles. The van der Waals surface area contributed by atoms with Gasteiger partial charge in [0.25, 0.3) is 5.92 Å². The Bertz CT molecular complexity index is 708. The van der Waals surface area contributed by atoms with E-state index in [1.54, 1.807) is 0 Å². The summed E-state index contributed by atoms with van der Waals surface area (Å²) < 4.78 is 52.6. The highest BCUT2D eigenvalue weighted by Gasteiger charge is 2.52. The molecule has 0 aromatic heterocycles. The van der Waals surface area contributed by atoms with Crippen LogP contribution in [-0.4, -0.2) is 48.1 Å². The van der Waals surface area contributed by atoms with Crippen molar-refractivity contribution < 1.29 is 27.3 Å². The normalized spacial score (nSPS) is 23.5. The van der Waals surface area contributed by atoms with Crippen LogP contribution in [0.1, 0.15) is 39.7 Å². The third kappa shape index (κ3) is 3.62. The van der Waals surface area contributed by atoms with E-state index in [2.05, 4.69) is 0 Å². The van der Waals surface area contributed by atoms with Crippen LogP contribution in [-0.2, 0) is 20.5 Å². The number of halogens is 3. The average molecular weight is 369 g/mol. The number of rotatable bonds is 3. The molecule has 0 spiro atoms. The summed E-state index contributed by atoms with van der Waals surface area (Å²) in [4.78, 5) is 13.4. The Morgan fingerprint density at radius 2 is 1.81 bits per heavy atom. The highest BCUT2D eigenvalue weighted by molar-refractivity contribution is 6.62. The van der Waals surface area contributed by atoms with Gasteiger partial charge in [0.05, 0.1) is 24.2 Å². The van der Waals surface area contributed by atoms with Crippen LogP contribution in [0.3, 0.4) is 0 Å². The van der Waals surface area contributed by atoms with E-state index in [1.807, 2.05) is 27.7 Å². The summed E-state index contributed by atoms with van der Waals surface area (Å²) in [7, 11) is -0.883. The summed E-state index contributed by atoms with van der Waals surface area (Å²) in [6.07, 6.45) is -0.385. The minimum absolute atomic E-state index is 0.0388. The van der Waals surface area contributed by atoms with Crippen LogP contribution in [0.25, 0.3) is 0 Å².